The van der Waals surface area contributed by atoms with Crippen molar-refractivity contribution in [3.8, 4) is 0 Å². The van der Waals surface area contributed by atoms with Crippen LogP contribution >= 0.6 is 0 Å². The molecule has 5 heteroatoms. The van der Waals surface area contributed by atoms with Crippen LogP contribution in [0.3, 0.4) is 0 Å². The molecule has 1 aromatic heterocycles. The number of nitrogens with zero attached hydrogens (tertiary/aromatic N) is 1. The van der Waals surface area contributed by atoms with Crippen LogP contribution in [0.25, 0.3) is 0 Å². The molecule has 0 amide bonds. The molecule has 0 aliphatic rings. The highest BCUT2D eigenvalue weighted by Crippen LogP contribution is 2.20. The van der Waals surface area contributed by atoms with Crippen LogP contribution in [0.15, 0.2) is 18.5 Å². The van der Waals surface area contributed by atoms with E-state index in [9.17, 15) is 13.2 Å². The van der Waals surface area contributed by atoms with Crippen LogP contribution in [0.4, 0.5) is 13.2 Å². The SMILES string of the molecule is Cc1cncc(CNCCCC(F)(F)F)c1. The number of hydrogen-bond acceptors (Lipinski definition) is 2. The van der Waals surface area contributed by atoms with E-state index in [0.717, 1.165) is 11.1 Å². The predicted molar refractivity (Wildman–Crippen MR) is 56.0 cm³/mol. The maximum atomic E-state index is 11.8. The molecule has 0 aliphatic heterocycles. The second-order valence-electron chi connectivity index (χ2n) is 3.77. The number of aryl methyl sites for hydroxylation is 1. The van der Waals surface area contributed by atoms with Crippen LogP contribution in [0.5, 0.6) is 0 Å². The second kappa shape index (κ2) is 5.84. The Balaban J connectivity index is 2.17. The Kier molecular flexibility index (Phi) is 4.73. The van der Waals surface area contributed by atoms with Gasteiger partial charge >= 0.3 is 6.18 Å². The summed E-state index contributed by atoms with van der Waals surface area (Å²) in [6.45, 7) is 2.86. The molecule has 0 saturated heterocycles. The molecule has 1 rings (SSSR count). The van der Waals surface area contributed by atoms with Crippen LogP contribution in [0.2, 0.25) is 0 Å². The van der Waals surface area contributed by atoms with Gasteiger partial charge in [-0.25, -0.2) is 0 Å². The zero-order chi connectivity index (χ0) is 12.0. The average molecular weight is 232 g/mol. The molecule has 1 N–H and O–H groups in total. The largest absolute Gasteiger partial charge is 0.389 e. The Hall–Kier alpha value is -1.10. The highest BCUT2D eigenvalue weighted by atomic mass is 19.4. The summed E-state index contributed by atoms with van der Waals surface area (Å²) in [5.41, 5.74) is 2.04. The predicted octanol–water partition coefficient (Wildman–Crippen LogP) is 2.82. The molecule has 0 radical (unpaired) electrons. The van der Waals surface area contributed by atoms with Crippen LogP contribution in [-0.4, -0.2) is 17.7 Å². The quantitative estimate of drug-likeness (QED) is 0.789. The minimum Gasteiger partial charge on any atom is -0.313 e. The summed E-state index contributed by atoms with van der Waals surface area (Å²) in [6.07, 6.45) is -1.21. The average Bonchev–Trinajstić information content (AvgIpc) is 2.15. The first kappa shape index (κ1) is 13.0. The molecule has 0 saturated carbocycles. The van der Waals surface area contributed by atoms with Crippen LogP contribution < -0.4 is 5.32 Å². The number of nitrogens with one attached hydrogen (secondary N) is 1. The van der Waals surface area contributed by atoms with Crippen molar-refractivity contribution in [1.82, 2.24) is 10.3 Å². The number of pyridine rings is 1. The van der Waals surface area contributed by atoms with E-state index >= 15 is 0 Å². The summed E-state index contributed by atoms with van der Waals surface area (Å²) in [7, 11) is 0. The lowest BCUT2D eigenvalue weighted by atomic mass is 10.2. The summed E-state index contributed by atoms with van der Waals surface area (Å²) in [5.74, 6) is 0. The Morgan fingerprint density at radius 2 is 2.06 bits per heavy atom. The summed E-state index contributed by atoms with van der Waals surface area (Å²) in [4.78, 5) is 4.00. The van der Waals surface area contributed by atoms with Crippen molar-refractivity contribution in [2.45, 2.75) is 32.5 Å². The van der Waals surface area contributed by atoms with Crippen LogP contribution in [0.1, 0.15) is 24.0 Å². The van der Waals surface area contributed by atoms with Crippen molar-refractivity contribution in [2.75, 3.05) is 6.54 Å². The minimum atomic E-state index is -4.05. The third-order valence-corrected chi connectivity index (χ3v) is 2.07. The fourth-order valence-electron chi connectivity index (χ4n) is 1.36. The van der Waals surface area contributed by atoms with Crippen molar-refractivity contribution >= 4 is 0 Å². The molecule has 2 nitrogen and oxygen atoms in total. The van der Waals surface area contributed by atoms with Gasteiger partial charge in [0, 0.05) is 25.4 Å². The van der Waals surface area contributed by atoms with Gasteiger partial charge in [-0.3, -0.25) is 4.98 Å². The Morgan fingerprint density at radius 1 is 1.31 bits per heavy atom. The molecule has 1 heterocycles. The normalized spacial score (nSPS) is 11.8. The third-order valence-electron chi connectivity index (χ3n) is 2.07. The topological polar surface area (TPSA) is 24.9 Å². The van der Waals surface area contributed by atoms with E-state index in [0.29, 0.717) is 13.1 Å². The lowest BCUT2D eigenvalue weighted by molar-refractivity contribution is -0.135. The third kappa shape index (κ3) is 5.70. The van der Waals surface area contributed by atoms with Crippen molar-refractivity contribution in [3.05, 3.63) is 29.6 Å². The standard InChI is InChI=1S/C11H15F3N2/c1-9-5-10(8-16-6-9)7-15-4-2-3-11(12,13)14/h5-6,8,15H,2-4,7H2,1H3. The van der Waals surface area contributed by atoms with Gasteiger partial charge in [-0.2, -0.15) is 13.2 Å². The zero-order valence-electron chi connectivity index (χ0n) is 9.14. The van der Waals surface area contributed by atoms with Crippen molar-refractivity contribution in [2.24, 2.45) is 0 Å². The molecule has 0 atom stereocenters. The molecule has 0 bridgehead atoms. The summed E-state index contributed by atoms with van der Waals surface area (Å²) in [6, 6.07) is 1.96. The summed E-state index contributed by atoms with van der Waals surface area (Å²) < 4.78 is 35.5. The Bertz CT molecular complexity index is 323. The molecule has 0 fully saturated rings. The number of rotatable bonds is 5. The van der Waals surface area contributed by atoms with Gasteiger partial charge in [0.05, 0.1) is 0 Å². The molecular weight excluding hydrogens is 217 g/mol. The fraction of sp³-hybridized carbons (Fsp3) is 0.545. The molecule has 0 spiro atoms. The lowest BCUT2D eigenvalue weighted by Crippen LogP contribution is -2.17. The van der Waals surface area contributed by atoms with E-state index in [4.69, 9.17) is 0 Å². The first-order chi connectivity index (χ1) is 7.47. The van der Waals surface area contributed by atoms with Gasteiger partial charge in [-0.05, 0) is 31.0 Å². The van der Waals surface area contributed by atoms with E-state index in [-0.39, 0.29) is 6.42 Å². The molecule has 0 unspecified atom stereocenters. The van der Waals surface area contributed by atoms with Gasteiger partial charge in [0.15, 0.2) is 0 Å². The molecular formula is C11H15F3N2. The number of alkyl halides is 3. The number of halogens is 3. The molecule has 16 heavy (non-hydrogen) atoms. The van der Waals surface area contributed by atoms with E-state index in [2.05, 4.69) is 10.3 Å². The zero-order valence-corrected chi connectivity index (χ0v) is 9.14. The molecule has 0 aromatic carbocycles. The van der Waals surface area contributed by atoms with Crippen molar-refractivity contribution in [3.63, 3.8) is 0 Å². The van der Waals surface area contributed by atoms with E-state index < -0.39 is 12.6 Å². The minimum absolute atomic E-state index is 0.114. The Morgan fingerprint density at radius 3 is 2.69 bits per heavy atom. The first-order valence-corrected chi connectivity index (χ1v) is 5.15. The maximum Gasteiger partial charge on any atom is 0.389 e. The molecule has 0 aliphatic carbocycles. The highest BCUT2D eigenvalue weighted by Gasteiger charge is 2.25. The van der Waals surface area contributed by atoms with Gasteiger partial charge < -0.3 is 5.32 Å². The van der Waals surface area contributed by atoms with Crippen molar-refractivity contribution in [1.29, 1.82) is 0 Å². The highest BCUT2D eigenvalue weighted by molar-refractivity contribution is 5.16. The monoisotopic (exact) mass is 232 g/mol. The number of aromatic nitrogens is 1. The van der Waals surface area contributed by atoms with Crippen LogP contribution in [-0.2, 0) is 6.54 Å². The van der Waals surface area contributed by atoms with Crippen LogP contribution in [0, 0.1) is 6.92 Å². The fourth-order valence-corrected chi connectivity index (χ4v) is 1.36. The van der Waals surface area contributed by atoms with Crippen molar-refractivity contribution < 1.29 is 13.2 Å². The van der Waals surface area contributed by atoms with E-state index in [1.165, 1.54) is 0 Å². The Labute approximate surface area is 92.9 Å². The van der Waals surface area contributed by atoms with Gasteiger partial charge in [-0.15, -0.1) is 0 Å². The summed E-state index contributed by atoms with van der Waals surface area (Å²) in [5, 5.41) is 2.96. The van der Waals surface area contributed by atoms with Gasteiger partial charge in [0.25, 0.3) is 0 Å². The smallest absolute Gasteiger partial charge is 0.313 e. The van der Waals surface area contributed by atoms with E-state index in [1.54, 1.807) is 12.4 Å². The second-order valence-corrected chi connectivity index (χ2v) is 3.77. The van der Waals surface area contributed by atoms with Gasteiger partial charge in [0.2, 0.25) is 0 Å². The lowest BCUT2D eigenvalue weighted by Gasteiger charge is -2.07. The van der Waals surface area contributed by atoms with Gasteiger partial charge in [0.1, 0.15) is 0 Å². The molecule has 90 valence electrons. The maximum absolute atomic E-state index is 11.8. The van der Waals surface area contributed by atoms with Gasteiger partial charge in [-0.1, -0.05) is 6.07 Å². The number of hydrogen-bond donors (Lipinski definition) is 1. The van der Waals surface area contributed by atoms with E-state index in [1.807, 2.05) is 13.0 Å². The first-order valence-electron chi connectivity index (χ1n) is 5.15. The molecule has 1 aromatic rings. The summed E-state index contributed by atoms with van der Waals surface area (Å²) >= 11 is 0.